The summed E-state index contributed by atoms with van der Waals surface area (Å²) in [4.78, 5) is 12.5. The molecule has 3 aromatic carbocycles. The van der Waals surface area contributed by atoms with Gasteiger partial charge in [0.15, 0.2) is 6.10 Å². The summed E-state index contributed by atoms with van der Waals surface area (Å²) in [6.45, 7) is 8.00. The maximum Gasteiger partial charge on any atom is 0.265 e. The van der Waals surface area contributed by atoms with E-state index in [1.165, 1.54) is 48.5 Å². The molecule has 1 atom stereocenters. The van der Waals surface area contributed by atoms with Gasteiger partial charge in [-0.2, -0.15) is 0 Å². The molecule has 0 aromatic heterocycles. The second-order valence-electron chi connectivity index (χ2n) is 8.66. The van der Waals surface area contributed by atoms with Crippen molar-refractivity contribution in [3.63, 3.8) is 0 Å². The Bertz CT molecular complexity index is 1200. The van der Waals surface area contributed by atoms with Gasteiger partial charge >= 0.3 is 0 Å². The van der Waals surface area contributed by atoms with E-state index < -0.39 is 21.9 Å². The maximum atomic E-state index is 13.0. The van der Waals surface area contributed by atoms with Crippen molar-refractivity contribution in [3.8, 4) is 5.75 Å². The molecule has 0 fully saturated rings. The molecule has 0 bridgehead atoms. The number of sulfonamides is 1. The molecular weight excluding hydrogens is 443 g/mol. The third kappa shape index (κ3) is 6.55. The van der Waals surface area contributed by atoms with Crippen molar-refractivity contribution in [2.75, 3.05) is 10.0 Å². The van der Waals surface area contributed by atoms with Gasteiger partial charge in [-0.15, -0.1) is 0 Å². The summed E-state index contributed by atoms with van der Waals surface area (Å²) in [5.41, 5.74) is 1.86. The largest absolute Gasteiger partial charge is 0.481 e. The normalized spacial score (nSPS) is 12.6. The molecule has 0 aliphatic rings. The molecule has 0 heterocycles. The summed E-state index contributed by atoms with van der Waals surface area (Å²) < 4.78 is 46.1. The predicted octanol–water partition coefficient (Wildman–Crippen LogP) is 5.33. The van der Waals surface area contributed by atoms with Gasteiger partial charge in [0.1, 0.15) is 11.6 Å². The van der Waals surface area contributed by atoms with Crippen LogP contribution in [-0.2, 0) is 20.2 Å². The molecule has 0 radical (unpaired) electrons. The van der Waals surface area contributed by atoms with Crippen molar-refractivity contribution in [1.29, 1.82) is 0 Å². The summed E-state index contributed by atoms with van der Waals surface area (Å²) in [6.07, 6.45) is -0.756. The molecule has 3 aromatic rings. The molecule has 33 heavy (non-hydrogen) atoms. The molecule has 6 nitrogen and oxygen atoms in total. The summed E-state index contributed by atoms with van der Waals surface area (Å²) >= 11 is 0. The van der Waals surface area contributed by atoms with Gasteiger partial charge in [-0.25, -0.2) is 12.8 Å². The molecule has 3 rings (SSSR count). The highest BCUT2D eigenvalue weighted by Crippen LogP contribution is 2.25. The lowest BCUT2D eigenvalue weighted by atomic mass is 9.87. The SMILES string of the molecule is C[C@@H](Oc1ccc(C(C)(C)C)cc1)C(=O)Nc1ccc(S(=O)(=O)Nc2ccc(F)cc2)cc1. The van der Waals surface area contributed by atoms with Crippen molar-refractivity contribution in [2.24, 2.45) is 0 Å². The zero-order valence-corrected chi connectivity index (χ0v) is 19.7. The zero-order chi connectivity index (χ0) is 24.2. The molecule has 0 aliphatic carbocycles. The lowest BCUT2D eigenvalue weighted by Crippen LogP contribution is -2.30. The van der Waals surface area contributed by atoms with E-state index in [2.05, 4.69) is 30.8 Å². The van der Waals surface area contributed by atoms with Crippen LogP contribution in [0.2, 0.25) is 0 Å². The second kappa shape index (κ2) is 9.62. The fourth-order valence-electron chi connectivity index (χ4n) is 2.98. The van der Waals surface area contributed by atoms with Crippen LogP contribution in [0.3, 0.4) is 0 Å². The first kappa shape index (κ1) is 24.3. The molecule has 0 aliphatic heterocycles. The van der Waals surface area contributed by atoms with E-state index in [0.29, 0.717) is 11.4 Å². The van der Waals surface area contributed by atoms with Crippen LogP contribution in [0.1, 0.15) is 33.3 Å². The number of ether oxygens (including phenoxy) is 1. The molecule has 0 saturated carbocycles. The minimum Gasteiger partial charge on any atom is -0.481 e. The number of nitrogens with one attached hydrogen (secondary N) is 2. The lowest BCUT2D eigenvalue weighted by Gasteiger charge is -2.20. The number of hydrogen-bond donors (Lipinski definition) is 2. The summed E-state index contributed by atoms with van der Waals surface area (Å²) in [6, 6.07) is 18.3. The summed E-state index contributed by atoms with van der Waals surface area (Å²) in [5, 5.41) is 2.71. The smallest absolute Gasteiger partial charge is 0.265 e. The van der Waals surface area contributed by atoms with Crippen LogP contribution < -0.4 is 14.8 Å². The highest BCUT2D eigenvalue weighted by Gasteiger charge is 2.18. The van der Waals surface area contributed by atoms with E-state index in [0.717, 1.165) is 5.56 Å². The Morgan fingerprint density at radius 2 is 1.42 bits per heavy atom. The van der Waals surface area contributed by atoms with E-state index >= 15 is 0 Å². The maximum absolute atomic E-state index is 13.0. The lowest BCUT2D eigenvalue weighted by molar-refractivity contribution is -0.122. The van der Waals surface area contributed by atoms with Gasteiger partial charge < -0.3 is 10.1 Å². The third-order valence-electron chi connectivity index (χ3n) is 4.93. The minimum absolute atomic E-state index is 0.00746. The first-order valence-corrected chi connectivity index (χ1v) is 11.9. The van der Waals surface area contributed by atoms with E-state index in [1.54, 1.807) is 6.92 Å². The van der Waals surface area contributed by atoms with Crippen LogP contribution in [0.25, 0.3) is 0 Å². The highest BCUT2D eigenvalue weighted by molar-refractivity contribution is 7.92. The van der Waals surface area contributed by atoms with Crippen molar-refractivity contribution in [2.45, 2.75) is 44.1 Å². The number of anilines is 2. The van der Waals surface area contributed by atoms with Crippen molar-refractivity contribution in [1.82, 2.24) is 0 Å². The fraction of sp³-hybridized carbons (Fsp3) is 0.240. The average molecular weight is 471 g/mol. The quantitative estimate of drug-likeness (QED) is 0.489. The Kier molecular flexibility index (Phi) is 7.07. The fourth-order valence-corrected chi connectivity index (χ4v) is 4.04. The van der Waals surface area contributed by atoms with E-state index in [-0.39, 0.29) is 21.9 Å². The number of carbonyl (C=O) groups is 1. The Balaban J connectivity index is 1.60. The number of carbonyl (C=O) groups excluding carboxylic acids is 1. The molecular formula is C25H27FN2O4S. The monoisotopic (exact) mass is 470 g/mol. The zero-order valence-electron chi connectivity index (χ0n) is 18.9. The van der Waals surface area contributed by atoms with E-state index in [1.807, 2.05) is 24.3 Å². The van der Waals surface area contributed by atoms with Gasteiger partial charge in [-0.3, -0.25) is 9.52 Å². The van der Waals surface area contributed by atoms with Gasteiger partial charge in [0.25, 0.3) is 15.9 Å². The second-order valence-corrected chi connectivity index (χ2v) is 10.3. The first-order valence-electron chi connectivity index (χ1n) is 10.4. The van der Waals surface area contributed by atoms with Crippen LogP contribution in [0.15, 0.2) is 77.7 Å². The van der Waals surface area contributed by atoms with Crippen molar-refractivity contribution >= 4 is 27.3 Å². The van der Waals surface area contributed by atoms with Crippen LogP contribution >= 0.6 is 0 Å². The van der Waals surface area contributed by atoms with Crippen molar-refractivity contribution < 1.29 is 22.3 Å². The van der Waals surface area contributed by atoms with Gasteiger partial charge in [0.05, 0.1) is 4.90 Å². The molecule has 8 heteroatoms. The first-order chi connectivity index (χ1) is 15.4. The molecule has 2 N–H and O–H groups in total. The Morgan fingerprint density at radius 1 is 0.879 bits per heavy atom. The molecule has 0 unspecified atom stereocenters. The average Bonchev–Trinajstić information content (AvgIpc) is 2.75. The number of amides is 1. The topological polar surface area (TPSA) is 84.5 Å². The van der Waals surface area contributed by atoms with Crippen LogP contribution in [0.4, 0.5) is 15.8 Å². The Hall–Kier alpha value is -3.39. The predicted molar refractivity (Wildman–Crippen MR) is 128 cm³/mol. The molecule has 0 saturated heterocycles. The number of halogens is 1. The number of hydrogen-bond acceptors (Lipinski definition) is 4. The highest BCUT2D eigenvalue weighted by atomic mass is 32.2. The summed E-state index contributed by atoms with van der Waals surface area (Å²) in [5.74, 6) is -0.243. The molecule has 1 amide bonds. The molecule has 0 spiro atoms. The van der Waals surface area contributed by atoms with E-state index in [4.69, 9.17) is 4.74 Å². The van der Waals surface area contributed by atoms with Crippen LogP contribution in [0.5, 0.6) is 5.75 Å². The number of benzene rings is 3. The van der Waals surface area contributed by atoms with Gasteiger partial charge in [0, 0.05) is 11.4 Å². The Labute approximate surface area is 193 Å². The van der Waals surface area contributed by atoms with Crippen LogP contribution in [-0.4, -0.2) is 20.4 Å². The van der Waals surface area contributed by atoms with Gasteiger partial charge in [-0.05, 0) is 78.6 Å². The minimum atomic E-state index is -3.85. The Morgan fingerprint density at radius 3 is 1.97 bits per heavy atom. The van der Waals surface area contributed by atoms with Gasteiger partial charge in [-0.1, -0.05) is 32.9 Å². The summed E-state index contributed by atoms with van der Waals surface area (Å²) in [7, 11) is -3.85. The van der Waals surface area contributed by atoms with E-state index in [9.17, 15) is 17.6 Å². The number of rotatable bonds is 7. The third-order valence-corrected chi connectivity index (χ3v) is 6.33. The standard InChI is InChI=1S/C25H27FN2O4S/c1-17(32-22-13-5-18(6-14-22)25(2,3)4)24(29)27-20-11-15-23(16-12-20)33(30,31)28-21-9-7-19(26)8-10-21/h5-17,28H,1-4H3,(H,27,29)/t17-/m1/s1. The van der Waals surface area contributed by atoms with Crippen LogP contribution in [0, 0.1) is 5.82 Å². The van der Waals surface area contributed by atoms with Gasteiger partial charge in [0.2, 0.25) is 0 Å². The van der Waals surface area contributed by atoms with Crippen molar-refractivity contribution in [3.05, 3.63) is 84.2 Å². The molecule has 174 valence electrons.